The molecule has 20 heavy (non-hydrogen) atoms. The van der Waals surface area contributed by atoms with Crippen LogP contribution in [-0.4, -0.2) is 21.1 Å². The van der Waals surface area contributed by atoms with E-state index in [0.717, 1.165) is 5.75 Å². The number of thioether (sulfide) groups is 1. The van der Waals surface area contributed by atoms with Gasteiger partial charge in [-0.25, -0.2) is 0 Å². The third kappa shape index (κ3) is 4.09. The Bertz CT molecular complexity index is 589. The van der Waals surface area contributed by atoms with Crippen LogP contribution in [0.4, 0.5) is 5.95 Å². The third-order valence-electron chi connectivity index (χ3n) is 2.57. The second-order valence-corrected chi connectivity index (χ2v) is 5.58. The molecule has 0 radical (unpaired) electrons. The Hall–Kier alpha value is -1.82. The molecule has 2 aromatic rings. The Labute approximate surface area is 123 Å². The summed E-state index contributed by atoms with van der Waals surface area (Å²) in [7, 11) is 0. The second-order valence-electron chi connectivity index (χ2n) is 4.64. The molecule has 0 spiro atoms. The van der Waals surface area contributed by atoms with Gasteiger partial charge in [0.25, 0.3) is 0 Å². The maximum absolute atomic E-state index is 5.68. The van der Waals surface area contributed by atoms with Gasteiger partial charge in [0.2, 0.25) is 5.95 Å². The first-order valence-corrected chi connectivity index (χ1v) is 7.38. The molecule has 0 unspecified atom stereocenters. The number of nitrogen functional groups attached to an aromatic ring is 1. The lowest BCUT2D eigenvalue weighted by atomic mass is 10.1. The van der Waals surface area contributed by atoms with Crippen LogP contribution in [0.25, 0.3) is 0 Å². The first kappa shape index (κ1) is 14.6. The van der Waals surface area contributed by atoms with Crippen molar-refractivity contribution in [2.75, 3.05) is 5.73 Å². The van der Waals surface area contributed by atoms with Crippen molar-refractivity contribution in [2.45, 2.75) is 37.8 Å². The lowest BCUT2D eigenvalue weighted by molar-refractivity contribution is 0.219. The van der Waals surface area contributed by atoms with Gasteiger partial charge in [-0.3, -0.25) is 0 Å². The number of anilines is 1. The number of hydrogen-bond donors (Lipinski definition) is 1. The molecule has 0 aliphatic rings. The molecule has 0 atom stereocenters. The van der Waals surface area contributed by atoms with E-state index in [1.54, 1.807) is 0 Å². The highest BCUT2D eigenvalue weighted by Crippen LogP contribution is 2.23. The summed E-state index contributed by atoms with van der Waals surface area (Å²) >= 11 is 1.52. The summed E-state index contributed by atoms with van der Waals surface area (Å²) < 4.78 is 5.46. The number of nitrogens with zero attached hydrogens (tertiary/aromatic N) is 3. The Morgan fingerprint density at radius 3 is 2.65 bits per heavy atom. The lowest BCUT2D eigenvalue weighted by Crippen LogP contribution is -2.10. The van der Waals surface area contributed by atoms with E-state index >= 15 is 0 Å². The minimum Gasteiger partial charge on any atom is -0.461 e. The van der Waals surface area contributed by atoms with Crippen molar-refractivity contribution >= 4 is 17.7 Å². The van der Waals surface area contributed by atoms with Crippen molar-refractivity contribution in [3.63, 3.8) is 0 Å². The zero-order valence-electron chi connectivity index (χ0n) is 11.8. The molecular weight excluding hydrogens is 272 g/mol. The highest BCUT2D eigenvalue weighted by atomic mass is 32.2. The van der Waals surface area contributed by atoms with Crippen molar-refractivity contribution in [1.82, 2.24) is 15.0 Å². The summed E-state index contributed by atoms with van der Waals surface area (Å²) in [5, 5.41) is 0.580. The number of benzene rings is 1. The quantitative estimate of drug-likeness (QED) is 0.854. The largest absolute Gasteiger partial charge is 0.461 e. The van der Waals surface area contributed by atoms with E-state index in [0.29, 0.717) is 5.16 Å². The Morgan fingerprint density at radius 2 is 1.95 bits per heavy atom. The summed E-state index contributed by atoms with van der Waals surface area (Å²) in [6.45, 7) is 5.92. The molecule has 0 saturated heterocycles. The molecule has 0 aliphatic carbocycles. The number of hydrogen-bond acceptors (Lipinski definition) is 6. The number of ether oxygens (including phenoxy) is 1. The average molecular weight is 290 g/mol. The number of aryl methyl sites for hydroxylation is 1. The molecule has 1 aromatic carbocycles. The van der Waals surface area contributed by atoms with E-state index in [4.69, 9.17) is 10.5 Å². The molecule has 0 fully saturated rings. The first-order chi connectivity index (χ1) is 9.54. The van der Waals surface area contributed by atoms with Crippen molar-refractivity contribution in [2.24, 2.45) is 0 Å². The monoisotopic (exact) mass is 290 g/mol. The van der Waals surface area contributed by atoms with E-state index in [9.17, 15) is 0 Å². The van der Waals surface area contributed by atoms with Gasteiger partial charge in [0.15, 0.2) is 5.16 Å². The maximum atomic E-state index is 5.68. The minimum atomic E-state index is 0.00557. The fourth-order valence-electron chi connectivity index (χ4n) is 1.60. The van der Waals surface area contributed by atoms with Crippen LogP contribution in [0.15, 0.2) is 29.4 Å². The van der Waals surface area contributed by atoms with Crippen molar-refractivity contribution < 1.29 is 4.74 Å². The number of nitrogens with two attached hydrogens (primary N) is 1. The van der Waals surface area contributed by atoms with Gasteiger partial charge >= 0.3 is 6.01 Å². The van der Waals surface area contributed by atoms with Gasteiger partial charge in [-0.2, -0.15) is 15.0 Å². The van der Waals surface area contributed by atoms with Crippen LogP contribution >= 0.6 is 11.8 Å². The number of aromatic nitrogens is 3. The predicted molar refractivity (Wildman–Crippen MR) is 80.7 cm³/mol. The molecule has 0 aliphatic heterocycles. The van der Waals surface area contributed by atoms with Gasteiger partial charge in [0, 0.05) is 5.75 Å². The molecule has 5 nitrogen and oxygen atoms in total. The zero-order chi connectivity index (χ0) is 14.5. The van der Waals surface area contributed by atoms with Gasteiger partial charge in [-0.05, 0) is 31.9 Å². The highest BCUT2D eigenvalue weighted by Gasteiger charge is 2.08. The van der Waals surface area contributed by atoms with Gasteiger partial charge in [0.1, 0.15) is 0 Å². The summed E-state index contributed by atoms with van der Waals surface area (Å²) in [6.07, 6.45) is 0.00557. The van der Waals surface area contributed by atoms with E-state index in [2.05, 4.69) is 34.0 Å². The Kier molecular flexibility index (Phi) is 4.79. The zero-order valence-corrected chi connectivity index (χ0v) is 12.6. The fraction of sp³-hybridized carbons (Fsp3) is 0.357. The molecule has 1 aromatic heterocycles. The van der Waals surface area contributed by atoms with Crippen molar-refractivity contribution in [1.29, 1.82) is 0 Å². The topological polar surface area (TPSA) is 73.9 Å². The molecule has 2 N–H and O–H groups in total. The molecule has 106 valence electrons. The van der Waals surface area contributed by atoms with Gasteiger partial charge < -0.3 is 10.5 Å². The van der Waals surface area contributed by atoms with Gasteiger partial charge in [0.05, 0.1) is 6.10 Å². The SMILES string of the molecule is Cc1ccccc1CSc1nc(N)nc(OC(C)C)n1. The average Bonchev–Trinajstić information content (AvgIpc) is 2.36. The molecular formula is C14H18N4OS. The first-order valence-electron chi connectivity index (χ1n) is 6.40. The van der Waals surface area contributed by atoms with Crippen LogP contribution in [0.1, 0.15) is 25.0 Å². The Morgan fingerprint density at radius 1 is 1.20 bits per heavy atom. The smallest absolute Gasteiger partial charge is 0.322 e. The third-order valence-corrected chi connectivity index (χ3v) is 3.47. The van der Waals surface area contributed by atoms with E-state index < -0.39 is 0 Å². The summed E-state index contributed by atoms with van der Waals surface area (Å²) in [6, 6.07) is 8.51. The molecule has 0 amide bonds. The van der Waals surface area contributed by atoms with Crippen LogP contribution < -0.4 is 10.5 Å². The van der Waals surface area contributed by atoms with Gasteiger partial charge in [-0.15, -0.1) is 0 Å². The maximum Gasteiger partial charge on any atom is 0.322 e. The van der Waals surface area contributed by atoms with Crippen LogP contribution in [0.5, 0.6) is 6.01 Å². The molecule has 6 heteroatoms. The van der Waals surface area contributed by atoms with Crippen molar-refractivity contribution in [3.05, 3.63) is 35.4 Å². The molecule has 1 heterocycles. The van der Waals surface area contributed by atoms with Crippen molar-refractivity contribution in [3.8, 4) is 6.01 Å². The fourth-order valence-corrected chi connectivity index (χ4v) is 2.50. The van der Waals surface area contributed by atoms with Crippen LogP contribution in [-0.2, 0) is 5.75 Å². The molecule has 2 rings (SSSR count). The lowest BCUT2D eigenvalue weighted by Gasteiger charge is -2.09. The predicted octanol–water partition coefficient (Wildman–Crippen LogP) is 2.84. The molecule has 0 saturated carbocycles. The Balaban J connectivity index is 2.09. The summed E-state index contributed by atoms with van der Waals surface area (Å²) in [5.41, 5.74) is 8.18. The highest BCUT2D eigenvalue weighted by molar-refractivity contribution is 7.98. The normalized spacial score (nSPS) is 10.8. The van der Waals surface area contributed by atoms with E-state index in [1.807, 2.05) is 26.0 Å². The standard InChI is InChI=1S/C14H18N4OS/c1-9(2)19-13-16-12(15)17-14(18-13)20-8-11-7-5-4-6-10(11)3/h4-7,9H,8H2,1-3H3,(H2,15,16,17,18). The van der Waals surface area contributed by atoms with E-state index in [-0.39, 0.29) is 18.1 Å². The van der Waals surface area contributed by atoms with Crippen LogP contribution in [0, 0.1) is 6.92 Å². The van der Waals surface area contributed by atoms with Crippen LogP contribution in [0.2, 0.25) is 0 Å². The van der Waals surface area contributed by atoms with Gasteiger partial charge in [-0.1, -0.05) is 36.0 Å². The number of rotatable bonds is 5. The summed E-state index contributed by atoms with van der Waals surface area (Å²) in [4.78, 5) is 12.3. The molecule has 0 bridgehead atoms. The van der Waals surface area contributed by atoms with Crippen LogP contribution in [0.3, 0.4) is 0 Å². The minimum absolute atomic E-state index is 0.00557. The summed E-state index contributed by atoms with van der Waals surface area (Å²) in [5.74, 6) is 0.972. The second kappa shape index (κ2) is 6.56. The van der Waals surface area contributed by atoms with E-state index in [1.165, 1.54) is 22.9 Å².